The van der Waals surface area contributed by atoms with Gasteiger partial charge in [0.1, 0.15) is 6.61 Å². The first-order valence-electron chi connectivity index (χ1n) is 14.2. The fraction of sp³-hybridized carbons (Fsp3) is 0.846. The minimum atomic E-state index is -4.74. The number of aromatic nitrogens is 3. The molecule has 1 rings (SSSR count). The van der Waals surface area contributed by atoms with Gasteiger partial charge >= 0.3 is 19.8 Å². The van der Waals surface area contributed by atoms with Crippen molar-refractivity contribution >= 4 is 31.5 Å². The summed E-state index contributed by atoms with van der Waals surface area (Å²) in [5.74, 6) is 0.168. The third-order valence-corrected chi connectivity index (χ3v) is 7.21. The van der Waals surface area contributed by atoms with E-state index in [0.29, 0.717) is 12.8 Å². The van der Waals surface area contributed by atoms with Gasteiger partial charge in [-0.15, -0.1) is 5.10 Å². The zero-order chi connectivity index (χ0) is 28.8. The fourth-order valence-electron chi connectivity index (χ4n) is 3.89. The van der Waals surface area contributed by atoms with E-state index in [2.05, 4.69) is 28.0 Å². The summed E-state index contributed by atoms with van der Waals surface area (Å²) < 4.78 is 27.9. The molecule has 0 amide bonds. The highest BCUT2D eigenvalue weighted by molar-refractivity contribution is 7.98. The molecule has 39 heavy (non-hydrogen) atoms. The molecule has 13 heteroatoms. The Morgan fingerprint density at radius 3 is 2.26 bits per heavy atom. The highest BCUT2D eigenvalue weighted by Gasteiger charge is 2.22. The first-order valence-corrected chi connectivity index (χ1v) is 17.1. The number of thioether (sulfide) groups is 1. The van der Waals surface area contributed by atoms with Gasteiger partial charge in [-0.1, -0.05) is 63.5 Å². The van der Waals surface area contributed by atoms with Crippen LogP contribution in [0.2, 0.25) is 0 Å². The van der Waals surface area contributed by atoms with Crippen molar-refractivity contribution in [2.24, 2.45) is 0 Å². The van der Waals surface area contributed by atoms with Crippen molar-refractivity contribution in [2.75, 3.05) is 25.2 Å². The SMILES string of the molecule is CCCCCCCCC(=O)OC(COC(=O)CCCCCCCc1cn(CCCSC)nn1)COP(=O)(O)O. The Kier molecular flexibility index (Phi) is 20.3. The predicted octanol–water partition coefficient (Wildman–Crippen LogP) is 5.23. The highest BCUT2D eigenvalue weighted by atomic mass is 32.2. The molecular formula is C26H48N3O8PS. The predicted molar refractivity (Wildman–Crippen MR) is 151 cm³/mol. The molecule has 1 aromatic heterocycles. The molecule has 2 N–H and O–H groups in total. The molecule has 0 fully saturated rings. The molecule has 0 spiro atoms. The van der Waals surface area contributed by atoms with Crippen molar-refractivity contribution in [3.8, 4) is 0 Å². The number of nitrogens with zero attached hydrogens (tertiary/aromatic N) is 3. The lowest BCUT2D eigenvalue weighted by Crippen LogP contribution is -2.29. The Morgan fingerprint density at radius 1 is 0.949 bits per heavy atom. The molecule has 0 saturated carbocycles. The standard InChI is InChI=1S/C26H48N3O8PS/c1-3-4-5-6-9-13-17-26(31)37-24(22-36-38(32,33)34)21-35-25(30)16-12-10-7-8-11-15-23-20-29(28-27-23)18-14-19-39-2/h20,24H,3-19,21-22H2,1-2H3,(H2,32,33,34). The number of rotatable bonds is 25. The van der Waals surface area contributed by atoms with Crippen LogP contribution >= 0.6 is 19.6 Å². The number of hydrogen-bond acceptors (Lipinski definition) is 9. The smallest absolute Gasteiger partial charge is 0.462 e. The minimum absolute atomic E-state index is 0.198. The van der Waals surface area contributed by atoms with Crippen LogP contribution in [0.3, 0.4) is 0 Å². The number of aryl methyl sites for hydroxylation is 2. The maximum absolute atomic E-state index is 12.1. The van der Waals surface area contributed by atoms with Crippen molar-refractivity contribution in [3.05, 3.63) is 11.9 Å². The Morgan fingerprint density at radius 2 is 1.59 bits per heavy atom. The molecule has 0 aliphatic carbocycles. The van der Waals surface area contributed by atoms with Crippen LogP contribution in [0.15, 0.2) is 6.20 Å². The van der Waals surface area contributed by atoms with Crippen LogP contribution < -0.4 is 0 Å². The topological polar surface area (TPSA) is 150 Å². The molecule has 226 valence electrons. The van der Waals surface area contributed by atoms with Crippen LogP contribution in [-0.2, 0) is 41.1 Å². The number of carbonyl (C=O) groups is 2. The van der Waals surface area contributed by atoms with Gasteiger partial charge in [-0.2, -0.15) is 11.8 Å². The van der Waals surface area contributed by atoms with Gasteiger partial charge in [0, 0.05) is 25.6 Å². The van der Waals surface area contributed by atoms with Crippen molar-refractivity contribution in [3.63, 3.8) is 0 Å². The lowest BCUT2D eigenvalue weighted by molar-refractivity contribution is -0.161. The second-order valence-corrected chi connectivity index (χ2v) is 11.9. The van der Waals surface area contributed by atoms with Crippen LogP contribution in [-0.4, -0.2) is 68.0 Å². The van der Waals surface area contributed by atoms with E-state index >= 15 is 0 Å². The quantitative estimate of drug-likeness (QED) is 0.0871. The molecule has 1 aromatic rings. The van der Waals surface area contributed by atoms with E-state index in [1.165, 1.54) is 6.42 Å². The number of unbranched alkanes of at least 4 members (excludes halogenated alkanes) is 9. The van der Waals surface area contributed by atoms with Crippen LogP contribution in [0.1, 0.15) is 103 Å². The molecule has 0 saturated heterocycles. The monoisotopic (exact) mass is 593 g/mol. The van der Waals surface area contributed by atoms with Crippen LogP contribution in [0.25, 0.3) is 0 Å². The Bertz CT molecular complexity index is 836. The second kappa shape index (κ2) is 22.3. The third-order valence-electron chi connectivity index (χ3n) is 6.03. The molecule has 1 heterocycles. The Balaban J connectivity index is 2.20. The highest BCUT2D eigenvalue weighted by Crippen LogP contribution is 2.35. The van der Waals surface area contributed by atoms with Gasteiger partial charge in [0.15, 0.2) is 6.10 Å². The van der Waals surface area contributed by atoms with E-state index in [0.717, 1.165) is 82.2 Å². The van der Waals surface area contributed by atoms with Gasteiger partial charge < -0.3 is 19.3 Å². The zero-order valence-electron chi connectivity index (χ0n) is 23.6. The summed E-state index contributed by atoms with van der Waals surface area (Å²) in [4.78, 5) is 42.2. The summed E-state index contributed by atoms with van der Waals surface area (Å²) in [6, 6.07) is 0. The normalized spacial score (nSPS) is 12.4. The average Bonchev–Trinajstić information content (AvgIpc) is 3.34. The number of hydrogen-bond donors (Lipinski definition) is 2. The van der Waals surface area contributed by atoms with Gasteiger partial charge in [0.2, 0.25) is 0 Å². The molecule has 0 radical (unpaired) electrons. The van der Waals surface area contributed by atoms with Gasteiger partial charge in [-0.3, -0.25) is 18.8 Å². The molecule has 1 atom stereocenters. The molecule has 11 nitrogen and oxygen atoms in total. The summed E-state index contributed by atoms with van der Waals surface area (Å²) in [5, 5.41) is 8.38. The van der Waals surface area contributed by atoms with Gasteiger partial charge in [0.05, 0.1) is 12.3 Å². The first kappa shape index (κ1) is 35.6. The maximum Gasteiger partial charge on any atom is 0.469 e. The summed E-state index contributed by atoms with van der Waals surface area (Å²) in [5.41, 5.74) is 1.01. The largest absolute Gasteiger partial charge is 0.469 e. The average molecular weight is 594 g/mol. The maximum atomic E-state index is 12.1. The zero-order valence-corrected chi connectivity index (χ0v) is 25.3. The minimum Gasteiger partial charge on any atom is -0.462 e. The number of phosphoric ester groups is 1. The summed E-state index contributed by atoms with van der Waals surface area (Å²) in [6.07, 6.45) is 16.1. The third kappa shape index (κ3) is 21.0. The van der Waals surface area contributed by atoms with Gasteiger partial charge in [-0.05, 0) is 44.1 Å². The van der Waals surface area contributed by atoms with Gasteiger partial charge in [-0.25, -0.2) is 4.57 Å². The fourth-order valence-corrected chi connectivity index (χ4v) is 4.67. The molecule has 0 aliphatic heterocycles. The van der Waals surface area contributed by atoms with Crippen molar-refractivity contribution < 1.29 is 37.9 Å². The molecular weight excluding hydrogens is 545 g/mol. The van der Waals surface area contributed by atoms with Crippen molar-refractivity contribution in [1.82, 2.24) is 15.0 Å². The van der Waals surface area contributed by atoms with E-state index in [4.69, 9.17) is 19.3 Å². The summed E-state index contributed by atoms with van der Waals surface area (Å²) in [6.45, 7) is 2.17. The molecule has 0 bridgehead atoms. The Hall–Kier alpha value is -1.46. The Labute approximate surface area is 237 Å². The first-order chi connectivity index (χ1) is 18.7. The molecule has 0 aromatic carbocycles. The van der Waals surface area contributed by atoms with Crippen molar-refractivity contribution in [2.45, 2.75) is 116 Å². The van der Waals surface area contributed by atoms with Crippen LogP contribution in [0.4, 0.5) is 0 Å². The van der Waals surface area contributed by atoms with Crippen molar-refractivity contribution in [1.29, 1.82) is 0 Å². The van der Waals surface area contributed by atoms with E-state index < -0.39 is 32.5 Å². The van der Waals surface area contributed by atoms with Gasteiger partial charge in [0.25, 0.3) is 0 Å². The van der Waals surface area contributed by atoms with E-state index in [1.807, 2.05) is 22.6 Å². The summed E-state index contributed by atoms with van der Waals surface area (Å²) in [7, 11) is -4.74. The van der Waals surface area contributed by atoms with E-state index in [1.54, 1.807) is 0 Å². The van der Waals surface area contributed by atoms with Crippen LogP contribution in [0.5, 0.6) is 0 Å². The number of carbonyl (C=O) groups excluding carboxylic acids is 2. The number of ether oxygens (including phenoxy) is 2. The van der Waals surface area contributed by atoms with E-state index in [-0.39, 0.29) is 19.4 Å². The number of esters is 2. The lowest BCUT2D eigenvalue weighted by atomic mass is 10.1. The second-order valence-electron chi connectivity index (χ2n) is 9.69. The lowest BCUT2D eigenvalue weighted by Gasteiger charge is -2.18. The summed E-state index contributed by atoms with van der Waals surface area (Å²) >= 11 is 1.83. The van der Waals surface area contributed by atoms with E-state index in [9.17, 15) is 14.2 Å². The van der Waals surface area contributed by atoms with Crippen LogP contribution in [0, 0.1) is 0 Å². The number of phosphoric acid groups is 1. The molecule has 0 aliphatic rings. The molecule has 1 unspecified atom stereocenters.